The minimum atomic E-state index is -3.84. The second-order valence-electron chi connectivity index (χ2n) is 5.49. The van der Waals surface area contributed by atoms with Crippen LogP contribution in [0.2, 0.25) is 0 Å². The molecular weight excluding hydrogens is 344 g/mol. The van der Waals surface area contributed by atoms with Gasteiger partial charge in [-0.15, -0.1) is 0 Å². The molecule has 0 heterocycles. The van der Waals surface area contributed by atoms with E-state index in [2.05, 4.69) is 21.2 Å². The van der Waals surface area contributed by atoms with E-state index in [0.29, 0.717) is 15.6 Å². The molecule has 0 radical (unpaired) electrons. The molecule has 110 valence electrons. The highest BCUT2D eigenvalue weighted by Gasteiger charge is 2.34. The highest BCUT2D eigenvalue weighted by atomic mass is 79.9. The lowest BCUT2D eigenvalue weighted by Gasteiger charge is -2.39. The number of rotatable bonds is 3. The maximum Gasteiger partial charge on any atom is 0.252 e. The zero-order chi connectivity index (χ0) is 15.1. The summed E-state index contributed by atoms with van der Waals surface area (Å²) in [6.07, 6.45) is 2.97. The number of sulfonamides is 1. The van der Waals surface area contributed by atoms with Gasteiger partial charge in [-0.2, -0.15) is 0 Å². The molecule has 0 unspecified atom stereocenters. The van der Waals surface area contributed by atoms with Gasteiger partial charge in [-0.25, -0.2) is 13.6 Å². The lowest BCUT2D eigenvalue weighted by Crippen LogP contribution is -2.51. The van der Waals surface area contributed by atoms with Crippen LogP contribution in [0, 0.1) is 6.92 Å². The molecule has 1 amide bonds. The van der Waals surface area contributed by atoms with Gasteiger partial charge in [0.15, 0.2) is 0 Å². The zero-order valence-corrected chi connectivity index (χ0v) is 13.8. The quantitative estimate of drug-likeness (QED) is 0.864. The van der Waals surface area contributed by atoms with Crippen molar-refractivity contribution < 1.29 is 13.2 Å². The molecular formula is C13H17BrN2O3S. The molecule has 3 N–H and O–H groups in total. The van der Waals surface area contributed by atoms with Crippen LogP contribution in [0.15, 0.2) is 21.5 Å². The van der Waals surface area contributed by atoms with Crippen molar-refractivity contribution in [2.75, 3.05) is 0 Å². The highest BCUT2D eigenvalue weighted by Crippen LogP contribution is 2.32. The third-order valence-corrected chi connectivity index (χ3v) is 5.48. The van der Waals surface area contributed by atoms with Gasteiger partial charge >= 0.3 is 0 Å². The number of nitrogens with one attached hydrogen (secondary N) is 1. The Labute approximate surface area is 127 Å². The summed E-state index contributed by atoms with van der Waals surface area (Å²) in [7, 11) is -3.84. The van der Waals surface area contributed by atoms with Crippen molar-refractivity contribution in [2.45, 2.75) is 43.5 Å². The number of carbonyl (C=O) groups is 1. The Balaban J connectivity index is 2.40. The number of primary sulfonamides is 1. The van der Waals surface area contributed by atoms with Crippen LogP contribution in [-0.4, -0.2) is 19.9 Å². The van der Waals surface area contributed by atoms with Crippen LogP contribution >= 0.6 is 15.9 Å². The Morgan fingerprint density at radius 1 is 1.40 bits per heavy atom. The van der Waals surface area contributed by atoms with E-state index in [4.69, 9.17) is 5.14 Å². The van der Waals surface area contributed by atoms with Crippen molar-refractivity contribution in [2.24, 2.45) is 5.14 Å². The number of hydrogen-bond acceptors (Lipinski definition) is 3. The summed E-state index contributed by atoms with van der Waals surface area (Å²) in [6.45, 7) is 3.75. The molecule has 1 aromatic carbocycles. The molecule has 7 heteroatoms. The number of benzene rings is 1. The summed E-state index contributed by atoms with van der Waals surface area (Å²) in [5, 5.41) is 8.09. The van der Waals surface area contributed by atoms with Gasteiger partial charge in [-0.3, -0.25) is 4.79 Å². The van der Waals surface area contributed by atoms with E-state index in [9.17, 15) is 13.2 Å². The predicted molar refractivity (Wildman–Crippen MR) is 80.0 cm³/mol. The number of amides is 1. The molecule has 1 aromatic rings. The Kier molecular flexibility index (Phi) is 3.96. The van der Waals surface area contributed by atoms with Crippen LogP contribution in [-0.2, 0) is 10.0 Å². The van der Waals surface area contributed by atoms with E-state index in [1.165, 1.54) is 12.1 Å². The average Bonchev–Trinajstić information content (AvgIpc) is 2.28. The van der Waals surface area contributed by atoms with Crippen LogP contribution in [0.1, 0.15) is 42.1 Å². The van der Waals surface area contributed by atoms with Gasteiger partial charge in [-0.1, -0.05) is 15.9 Å². The van der Waals surface area contributed by atoms with Gasteiger partial charge in [0, 0.05) is 15.6 Å². The first-order valence-electron chi connectivity index (χ1n) is 6.28. The average molecular weight is 361 g/mol. The molecule has 0 bridgehead atoms. The van der Waals surface area contributed by atoms with Crippen molar-refractivity contribution in [1.29, 1.82) is 0 Å². The van der Waals surface area contributed by atoms with Gasteiger partial charge < -0.3 is 5.32 Å². The molecule has 0 atom stereocenters. The van der Waals surface area contributed by atoms with Gasteiger partial charge in [0.25, 0.3) is 5.91 Å². The Bertz CT molecular complexity index is 666. The van der Waals surface area contributed by atoms with Crippen molar-refractivity contribution >= 4 is 31.9 Å². The van der Waals surface area contributed by atoms with E-state index >= 15 is 0 Å². The van der Waals surface area contributed by atoms with E-state index in [1.807, 2.05) is 6.92 Å². The molecule has 20 heavy (non-hydrogen) atoms. The van der Waals surface area contributed by atoms with Crippen molar-refractivity contribution in [3.63, 3.8) is 0 Å². The first-order valence-corrected chi connectivity index (χ1v) is 8.62. The molecule has 0 spiro atoms. The fourth-order valence-corrected chi connectivity index (χ4v) is 3.40. The van der Waals surface area contributed by atoms with Crippen LogP contribution in [0.25, 0.3) is 0 Å². The normalized spacial score (nSPS) is 17.4. The molecule has 0 saturated heterocycles. The fourth-order valence-electron chi connectivity index (χ4n) is 2.23. The predicted octanol–water partition coefficient (Wildman–Crippen LogP) is 2.08. The summed E-state index contributed by atoms with van der Waals surface area (Å²) in [4.78, 5) is 12.3. The molecule has 2 rings (SSSR count). The summed E-state index contributed by atoms with van der Waals surface area (Å²) in [5.41, 5.74) is 0.836. The van der Waals surface area contributed by atoms with Crippen molar-refractivity contribution in [3.05, 3.63) is 27.7 Å². The molecule has 1 aliphatic carbocycles. The molecule has 0 aliphatic heterocycles. The van der Waals surface area contributed by atoms with Gasteiger partial charge in [0.05, 0.1) is 4.90 Å². The van der Waals surface area contributed by atoms with E-state index in [1.54, 1.807) is 6.92 Å². The van der Waals surface area contributed by atoms with Crippen LogP contribution < -0.4 is 10.5 Å². The lowest BCUT2D eigenvalue weighted by molar-refractivity contribution is 0.0849. The monoisotopic (exact) mass is 360 g/mol. The summed E-state index contributed by atoms with van der Waals surface area (Å²) in [5.74, 6) is -0.268. The largest absolute Gasteiger partial charge is 0.347 e. The van der Waals surface area contributed by atoms with E-state index < -0.39 is 10.0 Å². The first kappa shape index (κ1) is 15.5. The maximum atomic E-state index is 12.3. The van der Waals surface area contributed by atoms with Crippen LogP contribution in [0.4, 0.5) is 0 Å². The first-order chi connectivity index (χ1) is 9.12. The third kappa shape index (κ3) is 3.05. The van der Waals surface area contributed by atoms with Crippen LogP contribution in [0.3, 0.4) is 0 Å². The number of halogens is 1. The Morgan fingerprint density at radius 2 is 2.00 bits per heavy atom. The number of carbonyl (C=O) groups excluding carboxylic acids is 1. The van der Waals surface area contributed by atoms with Crippen molar-refractivity contribution in [1.82, 2.24) is 5.32 Å². The summed E-state index contributed by atoms with van der Waals surface area (Å²) in [6, 6.07) is 2.74. The smallest absolute Gasteiger partial charge is 0.252 e. The minimum Gasteiger partial charge on any atom is -0.347 e. The maximum absolute atomic E-state index is 12.3. The highest BCUT2D eigenvalue weighted by molar-refractivity contribution is 9.10. The molecule has 5 nitrogen and oxygen atoms in total. The Hall–Kier alpha value is -0.920. The van der Waals surface area contributed by atoms with Gasteiger partial charge in [-0.05, 0) is 50.8 Å². The minimum absolute atomic E-state index is 0.0705. The van der Waals surface area contributed by atoms with Gasteiger partial charge in [0.2, 0.25) is 10.0 Å². The number of hydrogen-bond donors (Lipinski definition) is 2. The third-order valence-electron chi connectivity index (χ3n) is 3.76. The summed E-state index contributed by atoms with van der Waals surface area (Å²) < 4.78 is 23.4. The summed E-state index contributed by atoms with van der Waals surface area (Å²) >= 11 is 3.27. The standard InChI is InChI=1S/C13H17BrN2O3S/c1-8-10(12(17)16-13(2)4-3-5-13)6-9(7-11(8)14)20(15,18)19/h6-7H,3-5H2,1-2H3,(H,16,17)(H2,15,18,19). The zero-order valence-electron chi connectivity index (χ0n) is 11.4. The van der Waals surface area contributed by atoms with Gasteiger partial charge in [0.1, 0.15) is 0 Å². The molecule has 1 aliphatic rings. The van der Waals surface area contributed by atoms with E-state index in [-0.39, 0.29) is 16.3 Å². The Morgan fingerprint density at radius 3 is 2.45 bits per heavy atom. The SMILES string of the molecule is Cc1c(Br)cc(S(N)(=O)=O)cc1C(=O)NC1(C)CCC1. The van der Waals surface area contributed by atoms with Crippen LogP contribution in [0.5, 0.6) is 0 Å². The molecule has 0 aromatic heterocycles. The topological polar surface area (TPSA) is 89.3 Å². The fraction of sp³-hybridized carbons (Fsp3) is 0.462. The van der Waals surface area contributed by atoms with E-state index in [0.717, 1.165) is 19.3 Å². The lowest BCUT2D eigenvalue weighted by atomic mass is 9.78. The number of nitrogens with two attached hydrogens (primary N) is 1. The molecule has 1 saturated carbocycles. The van der Waals surface area contributed by atoms with Crippen molar-refractivity contribution in [3.8, 4) is 0 Å². The second kappa shape index (κ2) is 5.13. The molecule has 1 fully saturated rings. The second-order valence-corrected chi connectivity index (χ2v) is 7.91.